The molecule has 10 aliphatic heterocycles. The van der Waals surface area contributed by atoms with E-state index >= 15 is 0 Å². The molecule has 10 heterocycles. The van der Waals surface area contributed by atoms with Crippen molar-refractivity contribution in [3.05, 3.63) is 60.7 Å². The molecule has 0 bridgehead atoms. The molecule has 2 aromatic carbocycles. The molecule has 10 aliphatic rings. The van der Waals surface area contributed by atoms with Crippen molar-refractivity contribution >= 4 is 30.1 Å². The van der Waals surface area contributed by atoms with Crippen molar-refractivity contribution < 1.29 is 16.1 Å². The van der Waals surface area contributed by atoms with Crippen LogP contribution in [0.5, 0.6) is 0 Å². The summed E-state index contributed by atoms with van der Waals surface area (Å²) in [7, 11) is -0.650. The molecule has 30 heavy (non-hydrogen) atoms. The molecule has 0 aliphatic carbocycles. The molecule has 0 amide bonds. The Morgan fingerprint density at radius 3 is 1.57 bits per heavy atom. The Hall–Kier alpha value is -1.27. The van der Waals surface area contributed by atoms with Gasteiger partial charge < -0.3 is 0 Å². The molecule has 0 aromatic heterocycles. The van der Waals surface area contributed by atoms with Gasteiger partial charge in [-0.1, -0.05) is 0 Å². The molecule has 10 saturated heterocycles. The maximum atomic E-state index is 14.5. The molecule has 0 saturated carbocycles. The van der Waals surface area contributed by atoms with E-state index in [4.69, 9.17) is 0 Å². The molecule has 8 atom stereocenters. The molecule has 0 N–H and O–H groups in total. The first-order chi connectivity index (χ1) is 14.4. The summed E-state index contributed by atoms with van der Waals surface area (Å²) in [5.74, 6) is 1.23. The predicted molar refractivity (Wildman–Crippen MR) is 115 cm³/mol. The van der Waals surface area contributed by atoms with E-state index in [2.05, 4.69) is 60.7 Å². The van der Waals surface area contributed by atoms with Gasteiger partial charge in [0.2, 0.25) is 0 Å². The quantitative estimate of drug-likeness (QED) is 0.433. The van der Waals surface area contributed by atoms with Crippen LogP contribution in [0.25, 0.3) is 0 Å². The van der Waals surface area contributed by atoms with Crippen molar-refractivity contribution in [2.75, 3.05) is 6.16 Å². The summed E-state index contributed by atoms with van der Waals surface area (Å²) in [6.07, 6.45) is 0.730. The van der Waals surface area contributed by atoms with Crippen molar-refractivity contribution in [1.29, 1.82) is 0 Å². The molecular formula is C26H23FeO2P. The Morgan fingerprint density at radius 1 is 0.767 bits per heavy atom. The van der Waals surface area contributed by atoms with Crippen LogP contribution in [0, 0.1) is 0 Å². The SMILES string of the molecule is CC(=O)[C]12[CH]3[CH]4[CH]5[CH]1[Fe]45321678[CH]2[CH]1[CH]6[C]7(C(=O)CP(c1ccccc1)c1ccccc1)[CH]28. The first-order valence-corrected chi connectivity index (χ1v) is 19.2. The van der Waals surface area contributed by atoms with Gasteiger partial charge in [0.25, 0.3) is 0 Å². The molecule has 0 radical (unpaired) electrons. The van der Waals surface area contributed by atoms with Crippen LogP contribution in [0.2, 0.25) is 47.2 Å². The normalized spacial score (nSPS) is 74.9. The average Bonchev–Trinajstić information content (AvgIpc) is 3.71. The van der Waals surface area contributed by atoms with Crippen LogP contribution in [0.15, 0.2) is 60.7 Å². The summed E-state index contributed by atoms with van der Waals surface area (Å²) in [6.45, 7) is -2.03. The van der Waals surface area contributed by atoms with Crippen LogP contribution in [0.1, 0.15) is 6.92 Å². The second-order valence-electron chi connectivity index (χ2n) is 14.0. The first kappa shape index (κ1) is 14.0. The minimum absolute atomic E-state index is 0.143. The average molecular weight is 454 g/mol. The standard InChI is InChI=1S/C19H16OP.C7H7O.Fe/c20-19(16-9-7-8-10-16)15-21(17-11-3-1-4-12-17)18-13-5-2-6-14-18;1-6(8)7-4-2-3-5-7;/h1-14H,15H2;2-5H,1H3;. The van der Waals surface area contributed by atoms with Gasteiger partial charge in [-0.25, -0.2) is 0 Å². The monoisotopic (exact) mass is 454 g/mol. The second kappa shape index (κ2) is 1.77. The Labute approximate surface area is 166 Å². The van der Waals surface area contributed by atoms with Gasteiger partial charge in [0, 0.05) is 0 Å². The number of rotatable bonds is 6. The summed E-state index contributed by atoms with van der Waals surface area (Å²) in [5.41, 5.74) is 0. The molecule has 2 nitrogen and oxygen atoms in total. The van der Waals surface area contributed by atoms with Crippen LogP contribution in [-0.2, 0) is 16.1 Å². The zero-order valence-corrected chi connectivity index (χ0v) is 18.7. The van der Waals surface area contributed by atoms with Gasteiger partial charge in [-0.15, -0.1) is 0 Å². The molecule has 2 aromatic rings. The molecule has 1 spiro atoms. The number of carbonyl (C=O) groups excluding carboxylic acids is 2. The summed E-state index contributed by atoms with van der Waals surface area (Å²) in [5, 5.41) is 2.67. The van der Waals surface area contributed by atoms with Crippen molar-refractivity contribution in [2.24, 2.45) is 0 Å². The Morgan fingerprint density at radius 2 is 1.20 bits per heavy atom. The zero-order valence-electron chi connectivity index (χ0n) is 16.7. The van der Waals surface area contributed by atoms with Crippen molar-refractivity contribution in [3.63, 3.8) is 0 Å². The maximum absolute atomic E-state index is 14.5. The van der Waals surface area contributed by atoms with E-state index < -0.39 is 14.4 Å². The van der Waals surface area contributed by atoms with Crippen LogP contribution < -0.4 is 10.6 Å². The Bertz CT molecular complexity index is 1690. The van der Waals surface area contributed by atoms with E-state index in [0.29, 0.717) is 11.6 Å². The fourth-order valence-corrected chi connectivity index (χ4v) is 98.9. The van der Waals surface area contributed by atoms with Crippen molar-refractivity contribution in [3.8, 4) is 0 Å². The van der Waals surface area contributed by atoms with Crippen LogP contribution >= 0.6 is 7.92 Å². The van der Waals surface area contributed by atoms with Crippen molar-refractivity contribution in [1.82, 2.24) is 0 Å². The van der Waals surface area contributed by atoms with Gasteiger partial charge in [-0.2, -0.15) is 0 Å². The molecule has 12 rings (SSSR count). The van der Waals surface area contributed by atoms with E-state index in [-0.39, 0.29) is 8.63 Å². The number of Topliss-reactive ketones (excluding diaryl/α,β-unsaturated/α-hetero) is 2. The van der Waals surface area contributed by atoms with Crippen LogP contribution in [0.4, 0.5) is 0 Å². The van der Waals surface area contributed by atoms with E-state index in [1.807, 2.05) is 6.92 Å². The third kappa shape index (κ3) is 0.252. The van der Waals surface area contributed by atoms with Gasteiger partial charge in [-0.05, 0) is 0 Å². The summed E-state index contributed by atoms with van der Waals surface area (Å²) in [4.78, 5) is 34.9. The molecule has 152 valence electrons. The number of ketones is 2. The van der Waals surface area contributed by atoms with E-state index in [1.165, 1.54) is 10.6 Å². The third-order valence-corrected chi connectivity index (χ3v) is 63.5. The Balaban J connectivity index is 1.08. The van der Waals surface area contributed by atoms with Crippen molar-refractivity contribution in [2.45, 2.75) is 54.1 Å². The fraction of sp³-hybridized carbons (Fsp3) is 0.462. The minimum atomic E-state index is -3.96. The molecule has 4 heteroatoms. The van der Waals surface area contributed by atoms with Gasteiger partial charge >= 0.3 is 167 Å². The Kier molecular flexibility index (Phi) is 0.827. The van der Waals surface area contributed by atoms with Crippen LogP contribution in [0.3, 0.4) is 0 Å². The fourth-order valence-electron chi connectivity index (χ4n) is 20.1. The number of carbonyl (C=O) groups is 2. The van der Waals surface area contributed by atoms with Gasteiger partial charge in [0.05, 0.1) is 0 Å². The van der Waals surface area contributed by atoms with Gasteiger partial charge in [0.15, 0.2) is 0 Å². The number of fused-ring (bicyclic) bond motifs is 10. The van der Waals surface area contributed by atoms with E-state index in [0.717, 1.165) is 44.7 Å². The third-order valence-electron chi connectivity index (χ3n) is 18.2. The molecule has 8 unspecified atom stereocenters. The summed E-state index contributed by atoms with van der Waals surface area (Å²) < 4.78 is 0.330. The zero-order chi connectivity index (χ0) is 19.6. The second-order valence-corrected chi connectivity index (χ2v) is 39.4. The van der Waals surface area contributed by atoms with Gasteiger partial charge in [0.1, 0.15) is 0 Å². The van der Waals surface area contributed by atoms with Gasteiger partial charge in [-0.3, -0.25) is 0 Å². The summed E-state index contributed by atoms with van der Waals surface area (Å²) in [6, 6.07) is 21.5. The first-order valence-electron chi connectivity index (χ1n) is 11.5. The number of hydrogen-bond donors (Lipinski definition) is 0. The topological polar surface area (TPSA) is 34.1 Å². The van der Waals surface area contributed by atoms with E-state index in [9.17, 15) is 9.59 Å². The van der Waals surface area contributed by atoms with E-state index in [1.54, 1.807) is 0 Å². The predicted octanol–water partition coefficient (Wildman–Crippen LogP) is 5.41. The number of hydrogen-bond acceptors (Lipinski definition) is 2. The molecule has 10 fully saturated rings. The summed E-state index contributed by atoms with van der Waals surface area (Å²) >= 11 is 0. The molecular weight excluding hydrogens is 431 g/mol. The number of benzene rings is 2. The van der Waals surface area contributed by atoms with Crippen LogP contribution in [-0.4, -0.2) is 17.7 Å².